The van der Waals surface area contributed by atoms with E-state index in [2.05, 4.69) is 37.1 Å². The van der Waals surface area contributed by atoms with Gasteiger partial charge in [0.1, 0.15) is 5.82 Å². The molecule has 1 rings (SSSR count). The van der Waals surface area contributed by atoms with Gasteiger partial charge in [0, 0.05) is 19.9 Å². The average Bonchev–Trinajstić information content (AvgIpc) is 2.26. The number of ether oxygens (including phenoxy) is 1. The lowest BCUT2D eigenvalue weighted by molar-refractivity contribution is 0.0727. The van der Waals surface area contributed by atoms with Crippen LogP contribution in [0.5, 0.6) is 0 Å². The Morgan fingerprint density at radius 3 is 2.59 bits per heavy atom. The zero-order valence-corrected chi connectivity index (χ0v) is 11.0. The Labute approximate surface area is 103 Å². The van der Waals surface area contributed by atoms with E-state index in [1.807, 2.05) is 12.3 Å². The van der Waals surface area contributed by atoms with Gasteiger partial charge in [-0.2, -0.15) is 0 Å². The van der Waals surface area contributed by atoms with Gasteiger partial charge in [-0.3, -0.25) is 0 Å². The van der Waals surface area contributed by atoms with Crippen LogP contribution in [0.4, 0.5) is 5.82 Å². The summed E-state index contributed by atoms with van der Waals surface area (Å²) >= 11 is 0. The van der Waals surface area contributed by atoms with E-state index in [1.54, 1.807) is 7.11 Å². The molecule has 0 saturated heterocycles. The molecular weight excluding hydrogens is 216 g/mol. The van der Waals surface area contributed by atoms with Gasteiger partial charge < -0.3 is 15.2 Å². The molecule has 0 saturated carbocycles. The van der Waals surface area contributed by atoms with Crippen molar-refractivity contribution in [1.29, 1.82) is 0 Å². The molecule has 96 valence electrons. The first kappa shape index (κ1) is 13.9. The van der Waals surface area contributed by atoms with Gasteiger partial charge in [0.25, 0.3) is 0 Å². The Morgan fingerprint density at radius 1 is 1.41 bits per heavy atom. The minimum absolute atomic E-state index is 0.112. The van der Waals surface area contributed by atoms with Crippen LogP contribution in [0.25, 0.3) is 0 Å². The lowest BCUT2D eigenvalue weighted by Crippen LogP contribution is -2.24. The summed E-state index contributed by atoms with van der Waals surface area (Å²) in [5.41, 5.74) is 1.31. The van der Waals surface area contributed by atoms with E-state index in [9.17, 15) is 5.11 Å². The molecule has 0 fully saturated rings. The number of aliphatic hydroxyl groups is 1. The second-order valence-corrected chi connectivity index (χ2v) is 5.17. The zero-order valence-electron chi connectivity index (χ0n) is 11.0. The smallest absolute Gasteiger partial charge is 0.125 e. The first-order chi connectivity index (χ1) is 7.93. The highest BCUT2D eigenvalue weighted by Crippen LogP contribution is 2.21. The number of aromatic nitrogens is 1. The lowest BCUT2D eigenvalue weighted by atomic mass is 9.88. The summed E-state index contributed by atoms with van der Waals surface area (Å²) in [6.07, 6.45) is 1.36. The van der Waals surface area contributed by atoms with Gasteiger partial charge in [-0.05, 0) is 17.0 Å². The van der Waals surface area contributed by atoms with Gasteiger partial charge in [0.15, 0.2) is 0 Å². The van der Waals surface area contributed by atoms with Crippen LogP contribution in [0.15, 0.2) is 18.3 Å². The summed E-state index contributed by atoms with van der Waals surface area (Å²) < 4.78 is 4.85. The average molecular weight is 238 g/mol. The molecule has 17 heavy (non-hydrogen) atoms. The van der Waals surface area contributed by atoms with Crippen molar-refractivity contribution in [3.8, 4) is 0 Å². The van der Waals surface area contributed by atoms with E-state index in [4.69, 9.17) is 4.74 Å². The monoisotopic (exact) mass is 238 g/mol. The van der Waals surface area contributed by atoms with Gasteiger partial charge in [0.05, 0.1) is 12.7 Å². The van der Waals surface area contributed by atoms with Crippen molar-refractivity contribution < 1.29 is 9.84 Å². The van der Waals surface area contributed by atoms with Crippen molar-refractivity contribution in [2.75, 3.05) is 25.6 Å². The molecule has 0 radical (unpaired) electrons. The van der Waals surface area contributed by atoms with Gasteiger partial charge in [-0.15, -0.1) is 0 Å². The standard InChI is InChI=1S/C13H22N2O2/c1-13(2,3)10-5-6-12(14-7-10)15-8-11(16)9-17-4/h5-7,11,16H,8-9H2,1-4H3,(H,14,15). The molecular formula is C13H22N2O2. The van der Waals surface area contributed by atoms with Crippen molar-refractivity contribution in [1.82, 2.24) is 4.98 Å². The molecule has 1 aromatic rings. The predicted molar refractivity (Wildman–Crippen MR) is 69.3 cm³/mol. The maximum Gasteiger partial charge on any atom is 0.125 e. The van der Waals surface area contributed by atoms with Gasteiger partial charge in [-0.1, -0.05) is 26.8 Å². The summed E-state index contributed by atoms with van der Waals surface area (Å²) in [6.45, 7) is 7.22. The van der Waals surface area contributed by atoms with E-state index >= 15 is 0 Å². The highest BCUT2D eigenvalue weighted by atomic mass is 16.5. The zero-order chi connectivity index (χ0) is 12.9. The lowest BCUT2D eigenvalue weighted by Gasteiger charge is -2.19. The van der Waals surface area contributed by atoms with E-state index in [1.165, 1.54) is 5.56 Å². The Balaban J connectivity index is 2.51. The predicted octanol–water partition coefficient (Wildman–Crippen LogP) is 1.80. The normalized spacial score (nSPS) is 13.5. The van der Waals surface area contributed by atoms with Crippen molar-refractivity contribution >= 4 is 5.82 Å². The van der Waals surface area contributed by atoms with E-state index in [0.29, 0.717) is 13.2 Å². The van der Waals surface area contributed by atoms with Crippen molar-refractivity contribution in [2.24, 2.45) is 0 Å². The molecule has 2 N–H and O–H groups in total. The molecule has 1 aromatic heterocycles. The number of hydrogen-bond donors (Lipinski definition) is 2. The number of pyridine rings is 1. The number of aliphatic hydroxyl groups excluding tert-OH is 1. The third kappa shape index (κ3) is 4.71. The van der Waals surface area contributed by atoms with Gasteiger partial charge in [-0.25, -0.2) is 4.98 Å². The molecule has 0 aliphatic heterocycles. The quantitative estimate of drug-likeness (QED) is 0.821. The summed E-state index contributed by atoms with van der Waals surface area (Å²) in [4.78, 5) is 4.31. The number of methoxy groups -OCH3 is 1. The Morgan fingerprint density at radius 2 is 2.12 bits per heavy atom. The van der Waals surface area contributed by atoms with E-state index in [0.717, 1.165) is 5.82 Å². The van der Waals surface area contributed by atoms with E-state index in [-0.39, 0.29) is 5.41 Å². The summed E-state index contributed by atoms with van der Waals surface area (Å²) in [5.74, 6) is 0.771. The first-order valence-electron chi connectivity index (χ1n) is 5.81. The topological polar surface area (TPSA) is 54.4 Å². The molecule has 1 heterocycles. The van der Waals surface area contributed by atoms with Crippen LogP contribution >= 0.6 is 0 Å². The molecule has 0 bridgehead atoms. The Hall–Kier alpha value is -1.13. The Kier molecular flexibility index (Phi) is 4.90. The molecule has 0 aromatic carbocycles. The molecule has 0 aliphatic rings. The van der Waals surface area contributed by atoms with Crippen molar-refractivity contribution in [3.63, 3.8) is 0 Å². The second kappa shape index (κ2) is 5.98. The molecule has 4 nitrogen and oxygen atoms in total. The van der Waals surface area contributed by atoms with Crippen molar-refractivity contribution in [2.45, 2.75) is 32.3 Å². The number of hydrogen-bond acceptors (Lipinski definition) is 4. The number of nitrogens with zero attached hydrogens (tertiary/aromatic N) is 1. The van der Waals surface area contributed by atoms with E-state index < -0.39 is 6.10 Å². The van der Waals surface area contributed by atoms with Crippen molar-refractivity contribution in [3.05, 3.63) is 23.9 Å². The van der Waals surface area contributed by atoms with Crippen LogP contribution in [-0.4, -0.2) is 36.5 Å². The summed E-state index contributed by atoms with van der Waals surface area (Å²) in [6, 6.07) is 3.98. The van der Waals surface area contributed by atoms with Crippen LogP contribution in [0, 0.1) is 0 Å². The number of anilines is 1. The highest BCUT2D eigenvalue weighted by molar-refractivity contribution is 5.37. The molecule has 0 aliphatic carbocycles. The minimum atomic E-state index is -0.510. The summed E-state index contributed by atoms with van der Waals surface area (Å²) in [5, 5.41) is 12.5. The number of nitrogens with one attached hydrogen (secondary N) is 1. The minimum Gasteiger partial charge on any atom is -0.389 e. The molecule has 4 heteroatoms. The fourth-order valence-corrected chi connectivity index (χ4v) is 1.42. The van der Waals surface area contributed by atoms with Gasteiger partial charge in [0.2, 0.25) is 0 Å². The first-order valence-corrected chi connectivity index (χ1v) is 5.81. The Bertz CT molecular complexity index is 330. The fraction of sp³-hybridized carbons (Fsp3) is 0.615. The molecule has 0 amide bonds. The highest BCUT2D eigenvalue weighted by Gasteiger charge is 2.13. The van der Waals surface area contributed by atoms with Gasteiger partial charge >= 0.3 is 0 Å². The maximum atomic E-state index is 9.48. The van der Waals surface area contributed by atoms with Crippen LogP contribution in [0.3, 0.4) is 0 Å². The van der Waals surface area contributed by atoms with Crippen LogP contribution in [0.1, 0.15) is 26.3 Å². The third-order valence-electron chi connectivity index (χ3n) is 2.51. The third-order valence-corrected chi connectivity index (χ3v) is 2.51. The van der Waals surface area contributed by atoms with Crippen LogP contribution in [0.2, 0.25) is 0 Å². The fourth-order valence-electron chi connectivity index (χ4n) is 1.42. The number of rotatable bonds is 5. The molecule has 1 unspecified atom stereocenters. The second-order valence-electron chi connectivity index (χ2n) is 5.17. The SMILES string of the molecule is COCC(O)CNc1ccc(C(C)(C)C)cn1. The molecule has 1 atom stereocenters. The summed E-state index contributed by atoms with van der Waals surface area (Å²) in [7, 11) is 1.57. The maximum absolute atomic E-state index is 9.48. The molecule has 0 spiro atoms. The van der Waals surface area contributed by atoms with Crippen LogP contribution < -0.4 is 5.32 Å². The van der Waals surface area contributed by atoms with Crippen LogP contribution in [-0.2, 0) is 10.2 Å². The largest absolute Gasteiger partial charge is 0.389 e.